The first-order chi connectivity index (χ1) is 7.70. The molecule has 0 amide bonds. The molecule has 2 rings (SSSR count). The molecule has 1 aromatic rings. The summed E-state index contributed by atoms with van der Waals surface area (Å²) in [6.45, 7) is 0. The van der Waals surface area contributed by atoms with Gasteiger partial charge in [-0.25, -0.2) is 9.18 Å². The van der Waals surface area contributed by atoms with Gasteiger partial charge in [-0.2, -0.15) is 0 Å². The van der Waals surface area contributed by atoms with Gasteiger partial charge < -0.3 is 4.74 Å². The summed E-state index contributed by atoms with van der Waals surface area (Å²) < 4.78 is 17.9. The zero-order valence-electron chi connectivity index (χ0n) is 8.52. The highest BCUT2D eigenvalue weighted by Gasteiger charge is 2.33. The van der Waals surface area contributed by atoms with Gasteiger partial charge in [0.15, 0.2) is 6.10 Å². The Labute approximate surface area is 92.6 Å². The SMILES string of the molecule is C#CC(OC(=O)c1cncc(F)c1)C1CC1. The Hall–Kier alpha value is -1.89. The van der Waals surface area contributed by atoms with E-state index in [4.69, 9.17) is 11.2 Å². The van der Waals surface area contributed by atoms with E-state index in [0.29, 0.717) is 0 Å². The second-order valence-electron chi connectivity index (χ2n) is 3.72. The molecule has 1 fully saturated rings. The van der Waals surface area contributed by atoms with Gasteiger partial charge in [-0.3, -0.25) is 4.98 Å². The summed E-state index contributed by atoms with van der Waals surface area (Å²) >= 11 is 0. The highest BCUT2D eigenvalue weighted by Crippen LogP contribution is 2.34. The largest absolute Gasteiger partial charge is 0.445 e. The second-order valence-corrected chi connectivity index (χ2v) is 3.72. The number of rotatable bonds is 3. The van der Waals surface area contributed by atoms with E-state index in [1.54, 1.807) is 0 Å². The molecule has 1 aliphatic carbocycles. The quantitative estimate of drug-likeness (QED) is 0.574. The number of aromatic nitrogens is 1. The number of hydrogen-bond acceptors (Lipinski definition) is 3. The van der Waals surface area contributed by atoms with Gasteiger partial charge in [-0.15, -0.1) is 6.42 Å². The monoisotopic (exact) mass is 219 g/mol. The molecule has 0 saturated heterocycles. The van der Waals surface area contributed by atoms with Crippen LogP contribution in [0.1, 0.15) is 23.2 Å². The number of carbonyl (C=O) groups excluding carboxylic acids is 1. The standard InChI is InChI=1S/C12H10FNO2/c1-2-11(8-3-4-8)16-12(15)9-5-10(13)7-14-6-9/h1,5-8,11H,3-4H2. The summed E-state index contributed by atoms with van der Waals surface area (Å²) in [5.41, 5.74) is 0.0842. The highest BCUT2D eigenvalue weighted by molar-refractivity contribution is 5.89. The van der Waals surface area contributed by atoms with Crippen LogP contribution >= 0.6 is 0 Å². The predicted molar refractivity (Wildman–Crippen MR) is 55.0 cm³/mol. The lowest BCUT2D eigenvalue weighted by Gasteiger charge is -2.10. The molecule has 0 N–H and O–H groups in total. The van der Waals surface area contributed by atoms with E-state index in [-0.39, 0.29) is 11.5 Å². The Bertz CT molecular complexity index is 449. The number of carbonyl (C=O) groups is 1. The fourth-order valence-electron chi connectivity index (χ4n) is 1.37. The van der Waals surface area contributed by atoms with Crippen LogP contribution in [0, 0.1) is 24.1 Å². The molecule has 1 atom stereocenters. The van der Waals surface area contributed by atoms with Crippen LogP contribution in [0.2, 0.25) is 0 Å². The minimum atomic E-state index is -0.623. The smallest absolute Gasteiger partial charge is 0.341 e. The van der Waals surface area contributed by atoms with Crippen molar-refractivity contribution in [2.24, 2.45) is 5.92 Å². The van der Waals surface area contributed by atoms with Crippen molar-refractivity contribution in [3.05, 3.63) is 29.8 Å². The second kappa shape index (κ2) is 4.31. The predicted octanol–water partition coefficient (Wildman–Crippen LogP) is 1.79. The minimum Gasteiger partial charge on any atom is -0.445 e. The highest BCUT2D eigenvalue weighted by atomic mass is 19.1. The first-order valence-corrected chi connectivity index (χ1v) is 4.98. The van der Waals surface area contributed by atoms with Crippen molar-refractivity contribution >= 4 is 5.97 Å². The maximum absolute atomic E-state index is 12.8. The van der Waals surface area contributed by atoms with Crippen molar-refractivity contribution in [1.29, 1.82) is 0 Å². The summed E-state index contributed by atoms with van der Waals surface area (Å²) in [6, 6.07) is 1.08. The van der Waals surface area contributed by atoms with Gasteiger partial charge >= 0.3 is 5.97 Å². The van der Waals surface area contributed by atoms with Crippen molar-refractivity contribution in [3.8, 4) is 12.3 Å². The minimum absolute atomic E-state index is 0.0842. The molecule has 4 heteroatoms. The Morgan fingerprint density at radius 1 is 1.62 bits per heavy atom. The molecule has 0 radical (unpaired) electrons. The van der Waals surface area contributed by atoms with Gasteiger partial charge in [0.1, 0.15) is 5.82 Å². The Morgan fingerprint density at radius 3 is 2.94 bits per heavy atom. The number of terminal acetylenes is 1. The number of halogens is 1. The van der Waals surface area contributed by atoms with Crippen LogP contribution in [-0.2, 0) is 4.74 Å². The van der Waals surface area contributed by atoms with Gasteiger partial charge in [-0.05, 0) is 18.9 Å². The molecule has 82 valence electrons. The number of esters is 1. The van der Waals surface area contributed by atoms with Crippen LogP contribution in [0.5, 0.6) is 0 Å². The van der Waals surface area contributed by atoms with Crippen molar-refractivity contribution in [2.75, 3.05) is 0 Å². The number of nitrogens with zero attached hydrogens (tertiary/aromatic N) is 1. The molecule has 3 nitrogen and oxygen atoms in total. The number of hydrogen-bond donors (Lipinski definition) is 0. The topological polar surface area (TPSA) is 39.2 Å². The zero-order chi connectivity index (χ0) is 11.5. The van der Waals surface area contributed by atoms with E-state index in [0.717, 1.165) is 25.1 Å². The molecular formula is C12H10FNO2. The van der Waals surface area contributed by atoms with Crippen molar-refractivity contribution in [3.63, 3.8) is 0 Å². The van der Waals surface area contributed by atoms with Crippen LogP contribution in [0.25, 0.3) is 0 Å². The van der Waals surface area contributed by atoms with Crippen molar-refractivity contribution in [1.82, 2.24) is 4.98 Å². The van der Waals surface area contributed by atoms with E-state index in [2.05, 4.69) is 10.9 Å². The first kappa shape index (κ1) is 10.6. The van der Waals surface area contributed by atoms with E-state index in [9.17, 15) is 9.18 Å². The average Bonchev–Trinajstić information content (AvgIpc) is 3.09. The summed E-state index contributed by atoms with van der Waals surface area (Å²) in [5, 5.41) is 0. The van der Waals surface area contributed by atoms with Crippen LogP contribution in [0.15, 0.2) is 18.5 Å². The molecule has 0 bridgehead atoms. The van der Waals surface area contributed by atoms with E-state index in [1.165, 1.54) is 6.20 Å². The van der Waals surface area contributed by atoms with Crippen LogP contribution in [-0.4, -0.2) is 17.1 Å². The summed E-state index contributed by atoms with van der Waals surface area (Å²) in [6.07, 6.45) is 8.98. The lowest BCUT2D eigenvalue weighted by molar-refractivity contribution is 0.0373. The maximum Gasteiger partial charge on any atom is 0.341 e. The normalized spacial score (nSPS) is 16.2. The molecule has 1 aliphatic rings. The Kier molecular flexibility index (Phi) is 2.86. The fourth-order valence-corrected chi connectivity index (χ4v) is 1.37. The molecule has 0 aliphatic heterocycles. The molecule has 1 saturated carbocycles. The molecule has 0 spiro atoms. The lowest BCUT2D eigenvalue weighted by Crippen LogP contribution is -2.18. The van der Waals surface area contributed by atoms with Gasteiger partial charge in [0.25, 0.3) is 0 Å². The van der Waals surface area contributed by atoms with Gasteiger partial charge in [0.2, 0.25) is 0 Å². The number of ether oxygens (including phenoxy) is 1. The van der Waals surface area contributed by atoms with E-state index < -0.39 is 17.9 Å². The third-order valence-electron chi connectivity index (χ3n) is 2.39. The van der Waals surface area contributed by atoms with E-state index >= 15 is 0 Å². The van der Waals surface area contributed by atoms with Crippen molar-refractivity contribution < 1.29 is 13.9 Å². The molecule has 0 aromatic carbocycles. The summed E-state index contributed by atoms with van der Waals surface area (Å²) in [7, 11) is 0. The van der Waals surface area contributed by atoms with Crippen LogP contribution in [0.3, 0.4) is 0 Å². The van der Waals surface area contributed by atoms with Crippen LogP contribution in [0.4, 0.5) is 4.39 Å². The Balaban J connectivity index is 2.05. The zero-order valence-corrected chi connectivity index (χ0v) is 8.52. The molecule has 1 aromatic heterocycles. The number of pyridine rings is 1. The average molecular weight is 219 g/mol. The fraction of sp³-hybridized carbons (Fsp3) is 0.333. The van der Waals surface area contributed by atoms with E-state index in [1.807, 2.05) is 0 Å². The summed E-state index contributed by atoms with van der Waals surface area (Å²) in [5.74, 6) is 1.49. The third kappa shape index (κ3) is 2.37. The third-order valence-corrected chi connectivity index (χ3v) is 2.39. The van der Waals surface area contributed by atoms with Gasteiger partial charge in [0.05, 0.1) is 11.8 Å². The Morgan fingerprint density at radius 2 is 2.38 bits per heavy atom. The van der Waals surface area contributed by atoms with Gasteiger partial charge in [-0.1, -0.05) is 5.92 Å². The van der Waals surface area contributed by atoms with Crippen LogP contribution < -0.4 is 0 Å². The molecule has 1 unspecified atom stereocenters. The summed E-state index contributed by atoms with van der Waals surface area (Å²) in [4.78, 5) is 15.1. The maximum atomic E-state index is 12.8. The lowest BCUT2D eigenvalue weighted by atomic mass is 10.2. The molecule has 1 heterocycles. The molecule has 16 heavy (non-hydrogen) atoms. The van der Waals surface area contributed by atoms with Gasteiger partial charge in [0, 0.05) is 12.1 Å². The molecular weight excluding hydrogens is 209 g/mol. The first-order valence-electron chi connectivity index (χ1n) is 4.98. The van der Waals surface area contributed by atoms with Crippen molar-refractivity contribution in [2.45, 2.75) is 18.9 Å².